The second kappa shape index (κ2) is 10.2. The summed E-state index contributed by atoms with van der Waals surface area (Å²) in [6, 6.07) is -0.0677. The predicted octanol–water partition coefficient (Wildman–Crippen LogP) is 3.17. The van der Waals surface area contributed by atoms with Gasteiger partial charge in [-0.2, -0.15) is 0 Å². The van der Waals surface area contributed by atoms with E-state index >= 15 is 0 Å². The molecule has 0 aliphatic carbocycles. The minimum Gasteiger partial charge on any atom is -0.444 e. The molecule has 0 aliphatic heterocycles. The highest BCUT2D eigenvalue weighted by Gasteiger charge is 2.26. The Morgan fingerprint density at radius 1 is 1.13 bits per heavy atom. The number of hydrazine groups is 1. The van der Waals surface area contributed by atoms with Crippen LogP contribution in [0.5, 0.6) is 0 Å². The Morgan fingerprint density at radius 3 is 2.26 bits per heavy atom. The summed E-state index contributed by atoms with van der Waals surface area (Å²) in [5.41, 5.74) is 4.21. The molecule has 0 fully saturated rings. The first-order valence-corrected chi connectivity index (χ1v) is 7.96. The quantitative estimate of drug-likeness (QED) is 0.264. The summed E-state index contributed by atoms with van der Waals surface area (Å²) in [6.45, 7) is 7.69. The number of alkyl carbamates (subject to hydrolysis) is 1. The van der Waals surface area contributed by atoms with Crippen LogP contribution in [0.15, 0.2) is 0 Å². The van der Waals surface area contributed by atoms with Gasteiger partial charge in [0.2, 0.25) is 0 Å². The van der Waals surface area contributed by atoms with E-state index in [1.54, 1.807) is 20.8 Å². The molecule has 23 heavy (non-hydrogen) atoms. The molecule has 0 bridgehead atoms. The first kappa shape index (κ1) is 22.3. The molecule has 0 spiro atoms. The molecule has 0 aromatic rings. The third-order valence-electron chi connectivity index (χ3n) is 2.11. The topological polar surface area (TPSA) is 97.9 Å². The van der Waals surface area contributed by atoms with Gasteiger partial charge in [-0.1, -0.05) is 5.59 Å². The van der Waals surface area contributed by atoms with E-state index < -0.39 is 21.8 Å². The largest absolute Gasteiger partial charge is 0.532 e. The lowest BCUT2D eigenvalue weighted by Gasteiger charge is -2.22. The highest BCUT2D eigenvalue weighted by molar-refractivity contribution is 6.66. The molecular formula is C12H22Cl3N3O5. The van der Waals surface area contributed by atoms with Gasteiger partial charge in [0.15, 0.2) is 0 Å². The minimum absolute atomic E-state index is 0.0677. The average molecular weight is 395 g/mol. The third kappa shape index (κ3) is 16.0. The molecule has 0 aromatic carbocycles. The molecule has 0 saturated heterocycles. The van der Waals surface area contributed by atoms with E-state index in [0.29, 0.717) is 19.4 Å². The molecule has 3 N–H and O–H groups in total. The molecule has 0 rings (SSSR count). The fraction of sp³-hybridized carbons (Fsp3) is 0.833. The molecule has 0 aromatic heterocycles. The molecule has 8 nitrogen and oxygen atoms in total. The van der Waals surface area contributed by atoms with Crippen molar-refractivity contribution in [2.75, 3.05) is 6.54 Å². The average Bonchev–Trinajstić information content (AvgIpc) is 2.28. The Balaban J connectivity index is 3.65. The van der Waals surface area contributed by atoms with Gasteiger partial charge in [-0.3, -0.25) is 0 Å². The molecule has 1 amide bonds. The summed E-state index contributed by atoms with van der Waals surface area (Å²) in [7, 11) is 0. The molecule has 11 heteroatoms. The van der Waals surface area contributed by atoms with Gasteiger partial charge in [-0.05, 0) is 75.3 Å². The van der Waals surface area contributed by atoms with E-state index in [2.05, 4.69) is 25.9 Å². The van der Waals surface area contributed by atoms with E-state index in [1.807, 2.05) is 6.92 Å². The predicted molar refractivity (Wildman–Crippen MR) is 87.1 cm³/mol. The maximum atomic E-state index is 11.5. The number of hydrogen-bond acceptors (Lipinski definition) is 7. The zero-order valence-corrected chi connectivity index (χ0v) is 15.6. The fourth-order valence-electron chi connectivity index (χ4n) is 1.32. The SMILES string of the molecule is CC(CCCNNOC(=O)OC(Cl)(Cl)Cl)NC(=O)OC(C)(C)C. The minimum atomic E-state index is -2.18. The Hall–Kier alpha value is -0.670. The number of ether oxygens (including phenoxy) is 2. The monoisotopic (exact) mass is 393 g/mol. The van der Waals surface area contributed by atoms with Crippen molar-refractivity contribution in [3.8, 4) is 0 Å². The third-order valence-corrected chi connectivity index (χ3v) is 2.34. The van der Waals surface area contributed by atoms with Crippen LogP contribution in [0, 0.1) is 0 Å². The lowest BCUT2D eigenvalue weighted by atomic mass is 10.2. The van der Waals surface area contributed by atoms with Crippen LogP contribution in [0.2, 0.25) is 0 Å². The normalized spacial score (nSPS) is 13.2. The van der Waals surface area contributed by atoms with E-state index in [9.17, 15) is 9.59 Å². The van der Waals surface area contributed by atoms with E-state index in [-0.39, 0.29) is 6.04 Å². The number of amides is 1. The molecule has 1 unspecified atom stereocenters. The summed E-state index contributed by atoms with van der Waals surface area (Å²) in [5.74, 6) is 0. The Kier molecular flexibility index (Phi) is 9.95. The van der Waals surface area contributed by atoms with Crippen LogP contribution in [-0.4, -0.2) is 34.4 Å². The Morgan fingerprint density at radius 2 is 1.74 bits per heavy atom. The van der Waals surface area contributed by atoms with Crippen molar-refractivity contribution in [1.29, 1.82) is 0 Å². The van der Waals surface area contributed by atoms with Gasteiger partial charge < -0.3 is 19.6 Å². The number of halogens is 3. The van der Waals surface area contributed by atoms with Crippen molar-refractivity contribution in [2.45, 2.75) is 56.2 Å². The maximum Gasteiger partial charge on any atom is 0.532 e. The lowest BCUT2D eigenvalue weighted by Crippen LogP contribution is -2.39. The molecule has 0 aliphatic rings. The maximum absolute atomic E-state index is 11.5. The van der Waals surface area contributed by atoms with Gasteiger partial charge in [-0.25, -0.2) is 15.0 Å². The van der Waals surface area contributed by atoms with Crippen molar-refractivity contribution in [3.63, 3.8) is 0 Å². The van der Waals surface area contributed by atoms with Crippen LogP contribution >= 0.6 is 34.8 Å². The molecule has 0 heterocycles. The zero-order valence-electron chi connectivity index (χ0n) is 13.4. The van der Waals surface area contributed by atoms with Gasteiger partial charge >= 0.3 is 16.2 Å². The van der Waals surface area contributed by atoms with Crippen molar-refractivity contribution in [3.05, 3.63) is 0 Å². The van der Waals surface area contributed by atoms with Gasteiger partial charge in [0.1, 0.15) is 5.60 Å². The first-order valence-electron chi connectivity index (χ1n) is 6.83. The highest BCUT2D eigenvalue weighted by atomic mass is 35.6. The zero-order chi connectivity index (χ0) is 18.1. The Bertz CT molecular complexity index is 385. The highest BCUT2D eigenvalue weighted by Crippen LogP contribution is 2.27. The van der Waals surface area contributed by atoms with Gasteiger partial charge in [0.05, 0.1) is 0 Å². The van der Waals surface area contributed by atoms with Crippen LogP contribution in [-0.2, 0) is 14.3 Å². The number of rotatable bonds is 7. The molecule has 136 valence electrons. The number of hydrogen-bond donors (Lipinski definition) is 3. The number of carbonyl (C=O) groups excluding carboxylic acids is 2. The van der Waals surface area contributed by atoms with Crippen LogP contribution in [0.25, 0.3) is 0 Å². The van der Waals surface area contributed by atoms with Crippen LogP contribution in [0.3, 0.4) is 0 Å². The van der Waals surface area contributed by atoms with E-state index in [1.165, 1.54) is 0 Å². The number of carbonyl (C=O) groups is 2. The molecule has 0 radical (unpaired) electrons. The van der Waals surface area contributed by atoms with E-state index in [4.69, 9.17) is 39.5 Å². The summed E-state index contributed by atoms with van der Waals surface area (Å²) in [6.07, 6.45) is -0.286. The summed E-state index contributed by atoms with van der Waals surface area (Å²) < 4.78 is 7.20. The summed E-state index contributed by atoms with van der Waals surface area (Å²) >= 11 is 15.7. The second-order valence-corrected chi connectivity index (χ2v) is 7.80. The second-order valence-electron chi connectivity index (χ2n) is 5.62. The number of nitrogens with one attached hydrogen (secondary N) is 3. The van der Waals surface area contributed by atoms with Crippen LogP contribution in [0.1, 0.15) is 40.5 Å². The van der Waals surface area contributed by atoms with E-state index in [0.717, 1.165) is 0 Å². The molecule has 0 saturated carbocycles. The van der Waals surface area contributed by atoms with Gasteiger partial charge in [-0.15, -0.1) is 0 Å². The summed E-state index contributed by atoms with van der Waals surface area (Å²) in [5, 5.41) is 2.71. The molecule has 1 atom stereocenters. The standard InChI is InChI=1S/C12H22Cl3N3O5/c1-8(17-9(19)21-11(2,3)4)6-5-7-16-18-23-10(20)22-12(13,14)15/h8,16,18H,5-7H2,1-4H3,(H,17,19). The lowest BCUT2D eigenvalue weighted by molar-refractivity contribution is -0.00144. The van der Waals surface area contributed by atoms with Crippen LogP contribution in [0.4, 0.5) is 9.59 Å². The van der Waals surface area contributed by atoms with Crippen molar-refractivity contribution in [2.24, 2.45) is 0 Å². The number of alkyl halides is 3. The van der Waals surface area contributed by atoms with Crippen molar-refractivity contribution < 1.29 is 23.9 Å². The summed E-state index contributed by atoms with van der Waals surface area (Å²) in [4.78, 5) is 26.9. The van der Waals surface area contributed by atoms with Gasteiger partial charge in [0, 0.05) is 12.6 Å². The smallest absolute Gasteiger partial charge is 0.444 e. The first-order chi connectivity index (χ1) is 10.4. The fourth-order valence-corrected chi connectivity index (χ4v) is 1.51. The van der Waals surface area contributed by atoms with Crippen molar-refractivity contribution in [1.82, 2.24) is 16.3 Å². The van der Waals surface area contributed by atoms with Crippen LogP contribution < -0.4 is 16.3 Å². The molecular weight excluding hydrogens is 373 g/mol. The van der Waals surface area contributed by atoms with Crippen molar-refractivity contribution >= 4 is 47.1 Å². The Labute approximate surface area is 150 Å². The van der Waals surface area contributed by atoms with Gasteiger partial charge in [0.25, 0.3) is 0 Å².